The maximum absolute atomic E-state index is 13.2. The molecule has 2 aliphatic rings. The van der Waals surface area contributed by atoms with Crippen LogP contribution in [-0.2, 0) is 11.2 Å². The van der Waals surface area contributed by atoms with Gasteiger partial charge in [0.15, 0.2) is 0 Å². The van der Waals surface area contributed by atoms with Crippen LogP contribution >= 0.6 is 0 Å². The average Bonchev–Trinajstić information content (AvgIpc) is 3.24. The van der Waals surface area contributed by atoms with Crippen LogP contribution in [0.25, 0.3) is 5.69 Å². The molecule has 2 aromatic rings. The Labute approximate surface area is 178 Å². The Bertz CT molecular complexity index is 865. The van der Waals surface area contributed by atoms with Crippen molar-refractivity contribution in [1.29, 1.82) is 0 Å². The van der Waals surface area contributed by atoms with Crippen LogP contribution in [0.4, 0.5) is 0 Å². The van der Waals surface area contributed by atoms with Gasteiger partial charge in [-0.05, 0) is 37.8 Å². The molecule has 0 radical (unpaired) electrons. The number of hydrogen-bond acceptors (Lipinski definition) is 4. The van der Waals surface area contributed by atoms with Crippen LogP contribution in [0.3, 0.4) is 0 Å². The van der Waals surface area contributed by atoms with Crippen molar-refractivity contribution in [2.24, 2.45) is 0 Å². The number of benzene rings is 1. The Morgan fingerprint density at radius 3 is 2.27 bits per heavy atom. The van der Waals surface area contributed by atoms with Crippen molar-refractivity contribution in [3.05, 3.63) is 47.8 Å². The van der Waals surface area contributed by atoms with Gasteiger partial charge < -0.3 is 9.80 Å². The first-order chi connectivity index (χ1) is 14.7. The fraction of sp³-hybridized carbons (Fsp3) is 0.522. The van der Waals surface area contributed by atoms with Gasteiger partial charge in [0.25, 0.3) is 5.91 Å². The first kappa shape index (κ1) is 20.6. The minimum atomic E-state index is 0.0380. The molecule has 2 amide bonds. The number of piperidine rings is 1. The molecule has 7 heteroatoms. The molecular formula is C23H31N5O2. The fourth-order valence-electron chi connectivity index (χ4n) is 4.40. The smallest absolute Gasteiger partial charge is 0.257 e. The highest BCUT2D eigenvalue weighted by Gasteiger charge is 2.27. The zero-order valence-corrected chi connectivity index (χ0v) is 17.8. The molecule has 2 saturated heterocycles. The van der Waals surface area contributed by atoms with E-state index in [0.29, 0.717) is 25.2 Å². The van der Waals surface area contributed by atoms with E-state index in [4.69, 9.17) is 0 Å². The zero-order valence-electron chi connectivity index (χ0n) is 17.8. The molecule has 0 aliphatic carbocycles. The molecule has 0 atom stereocenters. The zero-order chi connectivity index (χ0) is 20.9. The largest absolute Gasteiger partial charge is 0.342 e. The number of carbonyl (C=O) groups excluding carboxylic acids is 2. The van der Waals surface area contributed by atoms with E-state index in [1.807, 2.05) is 44.8 Å². The van der Waals surface area contributed by atoms with Crippen LogP contribution < -0.4 is 0 Å². The normalized spacial score (nSPS) is 17.9. The minimum Gasteiger partial charge on any atom is -0.342 e. The SMILES string of the molecule is CCc1c(C(=O)N2CCN(CC(=O)N3CCCCC3)CC2)cnn1-c1ccccc1. The molecule has 0 bridgehead atoms. The van der Waals surface area contributed by atoms with Gasteiger partial charge in [-0.3, -0.25) is 14.5 Å². The van der Waals surface area contributed by atoms with Gasteiger partial charge in [-0.15, -0.1) is 0 Å². The highest BCUT2D eigenvalue weighted by Crippen LogP contribution is 2.18. The number of aromatic nitrogens is 2. The second-order valence-electron chi connectivity index (χ2n) is 8.12. The summed E-state index contributed by atoms with van der Waals surface area (Å²) in [4.78, 5) is 31.8. The lowest BCUT2D eigenvalue weighted by atomic mass is 10.1. The second kappa shape index (κ2) is 9.43. The highest BCUT2D eigenvalue weighted by molar-refractivity contribution is 5.95. The van der Waals surface area contributed by atoms with Crippen LogP contribution in [0.15, 0.2) is 36.5 Å². The van der Waals surface area contributed by atoms with Crippen LogP contribution in [0, 0.1) is 0 Å². The summed E-state index contributed by atoms with van der Waals surface area (Å²) >= 11 is 0. The Kier molecular flexibility index (Phi) is 6.47. The summed E-state index contributed by atoms with van der Waals surface area (Å²) in [7, 11) is 0. The summed E-state index contributed by atoms with van der Waals surface area (Å²) in [6.45, 7) is 7.06. The van der Waals surface area contributed by atoms with Crippen LogP contribution in [0.2, 0.25) is 0 Å². The number of rotatable bonds is 5. The Balaban J connectivity index is 1.36. The number of nitrogens with zero attached hydrogens (tertiary/aromatic N) is 5. The highest BCUT2D eigenvalue weighted by atomic mass is 16.2. The van der Waals surface area contributed by atoms with Crippen molar-refractivity contribution < 1.29 is 9.59 Å². The Hall–Kier alpha value is -2.67. The predicted molar refractivity (Wildman–Crippen MR) is 116 cm³/mol. The summed E-state index contributed by atoms with van der Waals surface area (Å²) < 4.78 is 1.86. The Morgan fingerprint density at radius 2 is 1.60 bits per heavy atom. The number of likely N-dealkylation sites (tertiary alicyclic amines) is 1. The van der Waals surface area contributed by atoms with Gasteiger partial charge in [-0.2, -0.15) is 5.10 Å². The van der Waals surface area contributed by atoms with E-state index in [2.05, 4.69) is 16.9 Å². The number of hydrogen-bond donors (Lipinski definition) is 0. The first-order valence-electron chi connectivity index (χ1n) is 11.1. The van der Waals surface area contributed by atoms with Crippen molar-refractivity contribution in [2.75, 3.05) is 45.8 Å². The van der Waals surface area contributed by atoms with Gasteiger partial charge in [-0.1, -0.05) is 25.1 Å². The third-order valence-corrected chi connectivity index (χ3v) is 6.16. The maximum Gasteiger partial charge on any atom is 0.257 e. The molecule has 0 saturated carbocycles. The molecule has 0 unspecified atom stereocenters. The molecule has 3 heterocycles. The lowest BCUT2D eigenvalue weighted by Gasteiger charge is -2.36. The van der Waals surface area contributed by atoms with E-state index < -0.39 is 0 Å². The number of piperazine rings is 1. The number of para-hydroxylation sites is 1. The van der Waals surface area contributed by atoms with Gasteiger partial charge in [0.1, 0.15) is 0 Å². The fourth-order valence-corrected chi connectivity index (χ4v) is 4.40. The molecule has 7 nitrogen and oxygen atoms in total. The van der Waals surface area contributed by atoms with Gasteiger partial charge in [0.2, 0.25) is 5.91 Å². The van der Waals surface area contributed by atoms with Crippen molar-refractivity contribution >= 4 is 11.8 Å². The molecule has 160 valence electrons. The summed E-state index contributed by atoms with van der Waals surface area (Å²) in [5.74, 6) is 0.267. The molecule has 1 aromatic carbocycles. The van der Waals surface area contributed by atoms with Crippen molar-refractivity contribution in [2.45, 2.75) is 32.6 Å². The van der Waals surface area contributed by atoms with Gasteiger partial charge in [0, 0.05) is 39.3 Å². The van der Waals surface area contributed by atoms with E-state index in [1.54, 1.807) is 6.20 Å². The van der Waals surface area contributed by atoms with Crippen molar-refractivity contribution in [3.8, 4) is 5.69 Å². The van der Waals surface area contributed by atoms with E-state index in [1.165, 1.54) is 6.42 Å². The maximum atomic E-state index is 13.2. The molecule has 1 aromatic heterocycles. The molecular weight excluding hydrogens is 378 g/mol. The molecule has 30 heavy (non-hydrogen) atoms. The van der Waals surface area contributed by atoms with Crippen LogP contribution in [-0.4, -0.2) is 82.1 Å². The molecule has 2 fully saturated rings. The van der Waals surface area contributed by atoms with Gasteiger partial charge in [0.05, 0.1) is 29.7 Å². The van der Waals surface area contributed by atoms with Gasteiger partial charge >= 0.3 is 0 Å². The first-order valence-corrected chi connectivity index (χ1v) is 11.1. The average molecular weight is 410 g/mol. The quantitative estimate of drug-likeness (QED) is 0.760. The van der Waals surface area contributed by atoms with Crippen molar-refractivity contribution in [3.63, 3.8) is 0 Å². The van der Waals surface area contributed by atoms with Crippen LogP contribution in [0.5, 0.6) is 0 Å². The third kappa shape index (κ3) is 4.41. The molecule has 4 rings (SSSR count). The lowest BCUT2D eigenvalue weighted by molar-refractivity contribution is -0.133. The molecule has 0 N–H and O–H groups in total. The minimum absolute atomic E-state index is 0.0380. The topological polar surface area (TPSA) is 61.7 Å². The summed E-state index contributed by atoms with van der Waals surface area (Å²) in [6, 6.07) is 9.92. The number of amides is 2. The lowest BCUT2D eigenvalue weighted by Crippen LogP contribution is -2.52. The second-order valence-corrected chi connectivity index (χ2v) is 8.12. The van der Waals surface area contributed by atoms with E-state index in [9.17, 15) is 9.59 Å². The van der Waals surface area contributed by atoms with Crippen molar-refractivity contribution in [1.82, 2.24) is 24.5 Å². The molecule has 0 spiro atoms. The standard InChI is InChI=1S/C23H31N5O2/c1-2-21-20(17-24-28(21)19-9-5-3-6-10-19)23(30)27-15-13-25(14-16-27)18-22(29)26-11-7-4-8-12-26/h3,5-6,9-10,17H,2,4,7-8,11-16,18H2,1H3. The molecule has 2 aliphatic heterocycles. The van der Waals surface area contributed by atoms with E-state index in [0.717, 1.165) is 56.8 Å². The summed E-state index contributed by atoms with van der Waals surface area (Å²) in [6.07, 6.45) is 5.89. The Morgan fingerprint density at radius 1 is 0.900 bits per heavy atom. The van der Waals surface area contributed by atoms with E-state index >= 15 is 0 Å². The van der Waals surface area contributed by atoms with Gasteiger partial charge in [-0.25, -0.2) is 4.68 Å². The van der Waals surface area contributed by atoms with E-state index in [-0.39, 0.29) is 11.8 Å². The summed E-state index contributed by atoms with van der Waals surface area (Å²) in [5, 5.41) is 4.49. The van der Waals surface area contributed by atoms with Crippen LogP contribution in [0.1, 0.15) is 42.2 Å². The predicted octanol–water partition coefficient (Wildman–Crippen LogP) is 2.21. The number of carbonyl (C=O) groups is 2. The third-order valence-electron chi connectivity index (χ3n) is 6.16. The monoisotopic (exact) mass is 409 g/mol. The summed E-state index contributed by atoms with van der Waals surface area (Å²) in [5.41, 5.74) is 2.59.